The smallest absolute Gasteiger partial charge is 0.123 e. The topological polar surface area (TPSA) is 24.5 Å². The molecule has 0 bridgehead atoms. The largest absolute Gasteiger partial charge is 0.496 e. The molecular formula is C15H23BrN2O. The first kappa shape index (κ1) is 14.8. The van der Waals surface area contributed by atoms with E-state index in [1.54, 1.807) is 7.11 Å². The molecule has 0 spiro atoms. The molecule has 2 rings (SSSR count). The Morgan fingerprint density at radius 3 is 3.00 bits per heavy atom. The summed E-state index contributed by atoms with van der Waals surface area (Å²) in [6, 6.07) is 6.89. The highest BCUT2D eigenvalue weighted by Gasteiger charge is 2.15. The molecule has 19 heavy (non-hydrogen) atoms. The third-order valence-corrected chi connectivity index (χ3v) is 4.20. The van der Waals surface area contributed by atoms with E-state index in [-0.39, 0.29) is 0 Å². The second-order valence-electron chi connectivity index (χ2n) is 5.28. The lowest BCUT2D eigenvalue weighted by Crippen LogP contribution is -2.28. The van der Waals surface area contributed by atoms with Crippen LogP contribution in [0, 0.1) is 0 Å². The Kier molecular flexibility index (Phi) is 5.67. The Morgan fingerprint density at radius 1 is 1.47 bits per heavy atom. The molecule has 3 nitrogen and oxygen atoms in total. The van der Waals surface area contributed by atoms with Gasteiger partial charge < -0.3 is 15.0 Å². The van der Waals surface area contributed by atoms with Crippen LogP contribution in [-0.4, -0.2) is 38.2 Å². The van der Waals surface area contributed by atoms with E-state index in [1.807, 2.05) is 12.1 Å². The third kappa shape index (κ3) is 4.48. The van der Waals surface area contributed by atoms with Gasteiger partial charge in [0.25, 0.3) is 0 Å². The summed E-state index contributed by atoms with van der Waals surface area (Å²) in [5.74, 6) is 0.967. The maximum absolute atomic E-state index is 5.42. The molecule has 0 amide bonds. The molecule has 0 aliphatic carbocycles. The average Bonchev–Trinajstić information content (AvgIpc) is 2.90. The van der Waals surface area contributed by atoms with Gasteiger partial charge in [-0.2, -0.15) is 0 Å². The van der Waals surface area contributed by atoms with Crippen LogP contribution in [-0.2, 0) is 6.54 Å². The Morgan fingerprint density at radius 2 is 2.32 bits per heavy atom. The first-order valence-corrected chi connectivity index (χ1v) is 7.72. The summed E-state index contributed by atoms with van der Waals surface area (Å²) in [7, 11) is 3.91. The maximum Gasteiger partial charge on any atom is 0.123 e. The summed E-state index contributed by atoms with van der Waals surface area (Å²) in [4.78, 5) is 2.37. The van der Waals surface area contributed by atoms with Crippen molar-refractivity contribution in [2.45, 2.75) is 31.8 Å². The highest BCUT2D eigenvalue weighted by Crippen LogP contribution is 2.24. The number of halogens is 1. The predicted octanol–water partition coefficient (Wildman–Crippen LogP) is 3.03. The van der Waals surface area contributed by atoms with Crippen LogP contribution in [0.1, 0.15) is 24.8 Å². The fourth-order valence-electron chi connectivity index (χ4n) is 2.62. The van der Waals surface area contributed by atoms with Crippen LogP contribution < -0.4 is 10.1 Å². The molecule has 1 heterocycles. The van der Waals surface area contributed by atoms with Crippen molar-refractivity contribution in [3.05, 3.63) is 28.2 Å². The number of hydrogen-bond acceptors (Lipinski definition) is 3. The van der Waals surface area contributed by atoms with E-state index in [0.717, 1.165) is 23.3 Å². The molecule has 0 saturated carbocycles. The second-order valence-corrected chi connectivity index (χ2v) is 6.19. The first-order valence-electron chi connectivity index (χ1n) is 6.93. The van der Waals surface area contributed by atoms with E-state index in [1.165, 1.54) is 31.4 Å². The number of methoxy groups -OCH3 is 1. The molecule has 0 radical (unpaired) electrons. The SMILES string of the molecule is COc1ccc(Br)cc1CN(C)CCC1CCCN1. The van der Waals surface area contributed by atoms with E-state index >= 15 is 0 Å². The summed E-state index contributed by atoms with van der Waals surface area (Å²) in [6.07, 6.45) is 3.88. The summed E-state index contributed by atoms with van der Waals surface area (Å²) in [5.41, 5.74) is 1.23. The zero-order chi connectivity index (χ0) is 13.7. The van der Waals surface area contributed by atoms with Crippen LogP contribution >= 0.6 is 15.9 Å². The third-order valence-electron chi connectivity index (χ3n) is 3.70. The van der Waals surface area contributed by atoms with Crippen molar-refractivity contribution >= 4 is 15.9 Å². The molecule has 1 unspecified atom stereocenters. The molecule has 4 heteroatoms. The zero-order valence-corrected chi connectivity index (χ0v) is 13.4. The lowest BCUT2D eigenvalue weighted by Gasteiger charge is -2.20. The minimum Gasteiger partial charge on any atom is -0.496 e. The quantitative estimate of drug-likeness (QED) is 0.869. The van der Waals surface area contributed by atoms with E-state index < -0.39 is 0 Å². The van der Waals surface area contributed by atoms with Gasteiger partial charge in [0, 0.05) is 22.6 Å². The summed E-state index contributed by atoms with van der Waals surface area (Å²) >= 11 is 3.52. The van der Waals surface area contributed by atoms with Crippen LogP contribution in [0.2, 0.25) is 0 Å². The van der Waals surface area contributed by atoms with E-state index in [2.05, 4.69) is 39.3 Å². The van der Waals surface area contributed by atoms with Crippen molar-refractivity contribution in [2.24, 2.45) is 0 Å². The van der Waals surface area contributed by atoms with Gasteiger partial charge in [-0.3, -0.25) is 0 Å². The summed E-state index contributed by atoms with van der Waals surface area (Å²) < 4.78 is 6.53. The van der Waals surface area contributed by atoms with E-state index in [4.69, 9.17) is 4.74 Å². The Hall–Kier alpha value is -0.580. The Bertz CT molecular complexity index is 405. The minimum absolute atomic E-state index is 0.715. The molecular weight excluding hydrogens is 304 g/mol. The molecule has 1 aliphatic rings. The first-order chi connectivity index (χ1) is 9.19. The Balaban J connectivity index is 1.86. The molecule has 1 aliphatic heterocycles. The average molecular weight is 327 g/mol. The van der Waals surface area contributed by atoms with Crippen LogP contribution in [0.4, 0.5) is 0 Å². The van der Waals surface area contributed by atoms with Crippen molar-refractivity contribution in [1.82, 2.24) is 10.2 Å². The molecule has 1 saturated heterocycles. The van der Waals surface area contributed by atoms with Crippen LogP contribution in [0.5, 0.6) is 5.75 Å². The molecule has 1 atom stereocenters. The fourth-order valence-corrected chi connectivity index (χ4v) is 3.03. The van der Waals surface area contributed by atoms with Crippen molar-refractivity contribution in [3.63, 3.8) is 0 Å². The van der Waals surface area contributed by atoms with Crippen molar-refractivity contribution in [1.29, 1.82) is 0 Å². The lowest BCUT2D eigenvalue weighted by atomic mass is 10.1. The van der Waals surface area contributed by atoms with Crippen molar-refractivity contribution < 1.29 is 4.74 Å². The predicted molar refractivity (Wildman–Crippen MR) is 82.7 cm³/mol. The standard InChI is InChI=1S/C15H23BrN2O/c1-18(9-7-14-4-3-8-17-14)11-12-10-13(16)5-6-15(12)19-2/h5-6,10,14,17H,3-4,7-9,11H2,1-2H3. The Labute approximate surface area is 124 Å². The molecule has 1 aromatic carbocycles. The number of hydrogen-bond donors (Lipinski definition) is 1. The second kappa shape index (κ2) is 7.27. The molecule has 106 valence electrons. The minimum atomic E-state index is 0.715. The summed E-state index contributed by atoms with van der Waals surface area (Å²) in [5, 5.41) is 3.55. The number of benzene rings is 1. The number of rotatable bonds is 6. The zero-order valence-electron chi connectivity index (χ0n) is 11.8. The van der Waals surface area contributed by atoms with Crippen LogP contribution in [0.25, 0.3) is 0 Å². The van der Waals surface area contributed by atoms with Gasteiger partial charge in [-0.15, -0.1) is 0 Å². The number of nitrogens with one attached hydrogen (secondary N) is 1. The number of nitrogens with zero attached hydrogens (tertiary/aromatic N) is 1. The summed E-state index contributed by atoms with van der Waals surface area (Å²) in [6.45, 7) is 3.23. The van der Waals surface area contributed by atoms with Gasteiger partial charge in [-0.1, -0.05) is 15.9 Å². The normalized spacial score (nSPS) is 19.1. The van der Waals surface area contributed by atoms with Crippen molar-refractivity contribution in [2.75, 3.05) is 27.2 Å². The van der Waals surface area contributed by atoms with Gasteiger partial charge in [0.05, 0.1) is 7.11 Å². The van der Waals surface area contributed by atoms with Gasteiger partial charge in [0.1, 0.15) is 5.75 Å². The van der Waals surface area contributed by atoms with Gasteiger partial charge in [-0.25, -0.2) is 0 Å². The van der Waals surface area contributed by atoms with Crippen LogP contribution in [0.15, 0.2) is 22.7 Å². The molecule has 1 fully saturated rings. The van der Waals surface area contributed by atoms with Gasteiger partial charge in [0.2, 0.25) is 0 Å². The molecule has 1 aromatic rings. The lowest BCUT2D eigenvalue weighted by molar-refractivity contribution is 0.299. The van der Waals surface area contributed by atoms with Gasteiger partial charge >= 0.3 is 0 Å². The van der Waals surface area contributed by atoms with Crippen LogP contribution in [0.3, 0.4) is 0 Å². The molecule has 1 N–H and O–H groups in total. The molecule has 0 aromatic heterocycles. The fraction of sp³-hybridized carbons (Fsp3) is 0.600. The van der Waals surface area contributed by atoms with Gasteiger partial charge in [0.15, 0.2) is 0 Å². The highest BCUT2D eigenvalue weighted by atomic mass is 79.9. The van der Waals surface area contributed by atoms with E-state index in [0.29, 0.717) is 6.04 Å². The maximum atomic E-state index is 5.42. The monoisotopic (exact) mass is 326 g/mol. The highest BCUT2D eigenvalue weighted by molar-refractivity contribution is 9.10. The number of ether oxygens (including phenoxy) is 1. The van der Waals surface area contributed by atoms with Gasteiger partial charge in [-0.05, 0) is 57.6 Å². The van der Waals surface area contributed by atoms with Crippen molar-refractivity contribution in [3.8, 4) is 5.75 Å². The van der Waals surface area contributed by atoms with E-state index in [9.17, 15) is 0 Å².